The average molecular weight is 409 g/mol. The summed E-state index contributed by atoms with van der Waals surface area (Å²) in [7, 11) is 0. The molecule has 1 heterocycles. The Kier molecular flexibility index (Phi) is 7.64. The van der Waals surface area contributed by atoms with E-state index in [1.807, 2.05) is 48.5 Å². The molecule has 0 saturated carbocycles. The number of H-pyrrole nitrogens is 1. The number of aromatic amines is 1. The molecule has 4 N–H and O–H groups in total. The van der Waals surface area contributed by atoms with E-state index < -0.39 is 6.04 Å². The summed E-state index contributed by atoms with van der Waals surface area (Å²) in [6.45, 7) is 2.86. The second kappa shape index (κ2) is 10.6. The SMILES string of the molecule is CCCCCN(Cc1ccc(-c2ccccc2-c2nnn[nH]2)cc1)C(=O)[C@@H](N)CO. The Morgan fingerprint density at radius 2 is 1.87 bits per heavy atom. The van der Waals surface area contributed by atoms with E-state index in [2.05, 4.69) is 27.5 Å². The molecule has 2 aromatic carbocycles. The van der Waals surface area contributed by atoms with Gasteiger partial charge in [-0.05, 0) is 33.5 Å². The number of hydrogen-bond acceptors (Lipinski definition) is 6. The molecule has 0 saturated heterocycles. The standard InChI is InChI=1S/C22H28N6O2/c1-2-3-6-13-28(22(30)20(23)15-29)14-16-9-11-17(12-10-16)18-7-4-5-8-19(18)21-24-26-27-25-21/h4-5,7-12,20,29H,2-3,6,13-15,23H2,1H3,(H,24,25,26,27)/t20-/m0/s1. The molecule has 0 fully saturated rings. The van der Waals surface area contributed by atoms with Crippen molar-refractivity contribution in [3.05, 3.63) is 54.1 Å². The summed E-state index contributed by atoms with van der Waals surface area (Å²) in [6, 6.07) is 15.1. The van der Waals surface area contributed by atoms with Gasteiger partial charge < -0.3 is 15.7 Å². The van der Waals surface area contributed by atoms with Crippen LogP contribution in [-0.2, 0) is 11.3 Å². The number of nitrogens with zero attached hydrogens (tertiary/aromatic N) is 4. The lowest BCUT2D eigenvalue weighted by molar-refractivity contribution is -0.134. The van der Waals surface area contributed by atoms with E-state index in [0.717, 1.165) is 41.5 Å². The maximum Gasteiger partial charge on any atom is 0.242 e. The number of aliphatic hydroxyl groups excluding tert-OH is 1. The van der Waals surface area contributed by atoms with Crippen LogP contribution < -0.4 is 5.73 Å². The molecule has 0 aliphatic rings. The van der Waals surface area contributed by atoms with Crippen LogP contribution in [0.3, 0.4) is 0 Å². The molecule has 3 aromatic rings. The number of nitrogens with one attached hydrogen (secondary N) is 1. The van der Waals surface area contributed by atoms with Crippen LogP contribution in [0, 0.1) is 0 Å². The third kappa shape index (κ3) is 5.28. The molecule has 8 heteroatoms. The Hall–Kier alpha value is -3.10. The third-order valence-electron chi connectivity index (χ3n) is 5.02. The topological polar surface area (TPSA) is 121 Å². The van der Waals surface area contributed by atoms with Crippen molar-refractivity contribution in [1.82, 2.24) is 25.5 Å². The van der Waals surface area contributed by atoms with Crippen molar-refractivity contribution >= 4 is 5.91 Å². The number of aromatic nitrogens is 4. The number of carbonyl (C=O) groups is 1. The van der Waals surface area contributed by atoms with E-state index in [0.29, 0.717) is 18.9 Å². The molecule has 8 nitrogen and oxygen atoms in total. The van der Waals surface area contributed by atoms with E-state index in [9.17, 15) is 9.90 Å². The van der Waals surface area contributed by atoms with Gasteiger partial charge in [-0.3, -0.25) is 4.79 Å². The highest BCUT2D eigenvalue weighted by atomic mass is 16.3. The molecule has 1 aromatic heterocycles. The van der Waals surface area contributed by atoms with Gasteiger partial charge in [-0.15, -0.1) is 5.10 Å². The Balaban J connectivity index is 1.78. The summed E-state index contributed by atoms with van der Waals surface area (Å²) < 4.78 is 0. The van der Waals surface area contributed by atoms with Gasteiger partial charge in [0, 0.05) is 18.7 Å². The Morgan fingerprint density at radius 1 is 1.13 bits per heavy atom. The molecule has 3 rings (SSSR count). The summed E-state index contributed by atoms with van der Waals surface area (Å²) in [5.74, 6) is 0.390. The minimum absolute atomic E-state index is 0.221. The quantitative estimate of drug-likeness (QED) is 0.443. The van der Waals surface area contributed by atoms with E-state index in [4.69, 9.17) is 5.73 Å². The molecule has 0 spiro atoms. The number of carbonyl (C=O) groups excluding carboxylic acids is 1. The zero-order chi connectivity index (χ0) is 21.3. The highest BCUT2D eigenvalue weighted by Gasteiger charge is 2.20. The number of amides is 1. The zero-order valence-corrected chi connectivity index (χ0v) is 17.2. The lowest BCUT2D eigenvalue weighted by Crippen LogP contribution is -2.45. The van der Waals surface area contributed by atoms with Crippen LogP contribution in [0.2, 0.25) is 0 Å². The van der Waals surface area contributed by atoms with Crippen molar-refractivity contribution in [3.8, 4) is 22.5 Å². The third-order valence-corrected chi connectivity index (χ3v) is 5.02. The Morgan fingerprint density at radius 3 is 2.50 bits per heavy atom. The molecule has 0 radical (unpaired) electrons. The van der Waals surface area contributed by atoms with Crippen molar-refractivity contribution < 1.29 is 9.90 Å². The van der Waals surface area contributed by atoms with Gasteiger partial charge in [0.2, 0.25) is 5.91 Å². The minimum Gasteiger partial charge on any atom is -0.394 e. The average Bonchev–Trinajstić information content (AvgIpc) is 3.33. The largest absolute Gasteiger partial charge is 0.394 e. The van der Waals surface area contributed by atoms with Crippen LogP contribution in [0.1, 0.15) is 31.7 Å². The molecule has 0 unspecified atom stereocenters. The second-order valence-corrected chi connectivity index (χ2v) is 7.25. The van der Waals surface area contributed by atoms with Gasteiger partial charge in [-0.1, -0.05) is 68.3 Å². The van der Waals surface area contributed by atoms with Crippen molar-refractivity contribution in [2.45, 2.75) is 38.8 Å². The number of benzene rings is 2. The predicted octanol–water partition coefficient (Wildman–Crippen LogP) is 2.37. The van der Waals surface area contributed by atoms with Crippen molar-refractivity contribution in [2.75, 3.05) is 13.2 Å². The van der Waals surface area contributed by atoms with Gasteiger partial charge in [0.1, 0.15) is 6.04 Å². The number of nitrogens with two attached hydrogens (primary N) is 1. The molecule has 0 bridgehead atoms. The fourth-order valence-electron chi connectivity index (χ4n) is 3.36. The number of hydrogen-bond donors (Lipinski definition) is 3. The number of tetrazole rings is 1. The summed E-state index contributed by atoms with van der Waals surface area (Å²) in [5, 5.41) is 23.4. The maximum absolute atomic E-state index is 12.6. The minimum atomic E-state index is -0.881. The highest BCUT2D eigenvalue weighted by molar-refractivity contribution is 5.82. The van der Waals surface area contributed by atoms with Crippen LogP contribution in [0.15, 0.2) is 48.5 Å². The van der Waals surface area contributed by atoms with Crippen molar-refractivity contribution in [2.24, 2.45) is 5.73 Å². The maximum atomic E-state index is 12.6. The molecule has 158 valence electrons. The number of rotatable bonds is 10. The molecule has 1 atom stereocenters. The second-order valence-electron chi connectivity index (χ2n) is 7.25. The van der Waals surface area contributed by atoms with Crippen LogP contribution in [-0.4, -0.2) is 55.7 Å². The first kappa shape index (κ1) is 21.6. The summed E-state index contributed by atoms with van der Waals surface area (Å²) >= 11 is 0. The molecular weight excluding hydrogens is 380 g/mol. The zero-order valence-electron chi connectivity index (χ0n) is 17.2. The fraction of sp³-hybridized carbons (Fsp3) is 0.364. The Bertz CT molecular complexity index is 927. The smallest absolute Gasteiger partial charge is 0.242 e. The first-order valence-corrected chi connectivity index (χ1v) is 10.2. The van der Waals surface area contributed by atoms with E-state index in [-0.39, 0.29) is 12.5 Å². The van der Waals surface area contributed by atoms with Gasteiger partial charge >= 0.3 is 0 Å². The van der Waals surface area contributed by atoms with Crippen molar-refractivity contribution in [1.29, 1.82) is 0 Å². The summed E-state index contributed by atoms with van der Waals surface area (Å²) in [6.07, 6.45) is 3.03. The molecule has 0 aliphatic carbocycles. The van der Waals surface area contributed by atoms with E-state index in [1.54, 1.807) is 4.90 Å². The van der Waals surface area contributed by atoms with Gasteiger partial charge in [-0.25, -0.2) is 5.10 Å². The molecule has 0 aliphatic heterocycles. The van der Waals surface area contributed by atoms with Crippen LogP contribution in [0.4, 0.5) is 0 Å². The van der Waals surface area contributed by atoms with Crippen LogP contribution >= 0.6 is 0 Å². The number of aliphatic hydroxyl groups is 1. The van der Waals surface area contributed by atoms with E-state index >= 15 is 0 Å². The molecule has 30 heavy (non-hydrogen) atoms. The van der Waals surface area contributed by atoms with Gasteiger partial charge in [0.05, 0.1) is 6.61 Å². The summed E-state index contributed by atoms with van der Waals surface area (Å²) in [4.78, 5) is 14.3. The number of unbranched alkanes of at least 4 members (excludes halogenated alkanes) is 2. The normalized spacial score (nSPS) is 12.0. The van der Waals surface area contributed by atoms with Gasteiger partial charge in [0.25, 0.3) is 0 Å². The molecular formula is C22H28N6O2. The first-order chi connectivity index (χ1) is 14.6. The lowest BCUT2D eigenvalue weighted by atomic mass is 9.98. The monoisotopic (exact) mass is 408 g/mol. The van der Waals surface area contributed by atoms with Crippen LogP contribution in [0.25, 0.3) is 22.5 Å². The van der Waals surface area contributed by atoms with E-state index in [1.165, 1.54) is 0 Å². The lowest BCUT2D eigenvalue weighted by Gasteiger charge is -2.25. The van der Waals surface area contributed by atoms with Crippen molar-refractivity contribution in [3.63, 3.8) is 0 Å². The Labute approximate surface area is 176 Å². The highest BCUT2D eigenvalue weighted by Crippen LogP contribution is 2.29. The van der Waals surface area contributed by atoms with Crippen LogP contribution in [0.5, 0.6) is 0 Å². The first-order valence-electron chi connectivity index (χ1n) is 10.2. The predicted molar refractivity (Wildman–Crippen MR) is 115 cm³/mol. The summed E-state index contributed by atoms with van der Waals surface area (Å²) in [5.41, 5.74) is 9.75. The molecule has 1 amide bonds. The fourth-order valence-corrected chi connectivity index (χ4v) is 3.36. The van der Waals surface area contributed by atoms with Gasteiger partial charge in [-0.2, -0.15) is 0 Å². The van der Waals surface area contributed by atoms with Gasteiger partial charge in [0.15, 0.2) is 5.82 Å².